The summed E-state index contributed by atoms with van der Waals surface area (Å²) >= 11 is 0. The van der Waals surface area contributed by atoms with Gasteiger partial charge in [0, 0.05) is 24.8 Å². The lowest BCUT2D eigenvalue weighted by Crippen LogP contribution is -2.34. The Bertz CT molecular complexity index is 530. The van der Waals surface area contributed by atoms with Gasteiger partial charge in [-0.3, -0.25) is 10.1 Å². The molecule has 2 N–H and O–H groups in total. The number of nitriles is 1. The standard InChI is InChI=1S/C14H18N4O2/c15-6-3-11-4-7-17(8-5-11)13-2-1-12(10-16)14(9-13)18(19)20/h1-2,9,11H,3-8,15H2. The van der Waals surface area contributed by atoms with Crippen molar-refractivity contribution in [2.75, 3.05) is 24.5 Å². The van der Waals surface area contributed by atoms with E-state index in [2.05, 4.69) is 4.90 Å². The molecule has 2 rings (SSSR count). The topological polar surface area (TPSA) is 96.2 Å². The van der Waals surface area contributed by atoms with Crippen molar-refractivity contribution in [2.24, 2.45) is 11.7 Å². The van der Waals surface area contributed by atoms with Crippen LogP contribution in [-0.2, 0) is 0 Å². The molecule has 0 saturated carbocycles. The van der Waals surface area contributed by atoms with Gasteiger partial charge in [-0.1, -0.05) is 0 Å². The summed E-state index contributed by atoms with van der Waals surface area (Å²) in [6.45, 7) is 2.48. The van der Waals surface area contributed by atoms with Crippen LogP contribution in [0.5, 0.6) is 0 Å². The number of piperidine rings is 1. The Balaban J connectivity index is 2.13. The third-order valence-corrected chi connectivity index (χ3v) is 3.85. The van der Waals surface area contributed by atoms with E-state index in [0.717, 1.165) is 38.0 Å². The second-order valence-corrected chi connectivity index (χ2v) is 5.08. The second kappa shape index (κ2) is 6.35. The number of anilines is 1. The average Bonchev–Trinajstić information content (AvgIpc) is 2.47. The highest BCUT2D eigenvalue weighted by Gasteiger charge is 2.21. The number of hydrogen-bond acceptors (Lipinski definition) is 5. The molecule has 0 unspecified atom stereocenters. The highest BCUT2D eigenvalue weighted by molar-refractivity contribution is 5.60. The van der Waals surface area contributed by atoms with Crippen LogP contribution in [0.25, 0.3) is 0 Å². The van der Waals surface area contributed by atoms with Crippen molar-refractivity contribution in [3.8, 4) is 6.07 Å². The molecule has 0 atom stereocenters. The van der Waals surface area contributed by atoms with Gasteiger partial charge in [0.05, 0.1) is 4.92 Å². The molecule has 1 aliphatic rings. The fourth-order valence-corrected chi connectivity index (χ4v) is 2.68. The van der Waals surface area contributed by atoms with Crippen LogP contribution >= 0.6 is 0 Å². The molecular formula is C14H18N4O2. The van der Waals surface area contributed by atoms with Crippen molar-refractivity contribution < 1.29 is 4.92 Å². The van der Waals surface area contributed by atoms with Crippen molar-refractivity contribution in [1.82, 2.24) is 0 Å². The monoisotopic (exact) mass is 274 g/mol. The van der Waals surface area contributed by atoms with Crippen molar-refractivity contribution in [2.45, 2.75) is 19.3 Å². The van der Waals surface area contributed by atoms with Gasteiger partial charge in [-0.25, -0.2) is 0 Å². The fourth-order valence-electron chi connectivity index (χ4n) is 2.68. The van der Waals surface area contributed by atoms with Crippen LogP contribution in [0, 0.1) is 27.4 Å². The van der Waals surface area contributed by atoms with Crippen molar-refractivity contribution in [3.05, 3.63) is 33.9 Å². The van der Waals surface area contributed by atoms with Gasteiger partial charge >= 0.3 is 0 Å². The van der Waals surface area contributed by atoms with Crippen molar-refractivity contribution in [1.29, 1.82) is 5.26 Å². The minimum Gasteiger partial charge on any atom is -0.371 e. The van der Waals surface area contributed by atoms with Crippen molar-refractivity contribution >= 4 is 11.4 Å². The highest BCUT2D eigenvalue weighted by atomic mass is 16.6. The summed E-state index contributed by atoms with van der Waals surface area (Å²) in [6, 6.07) is 6.67. The first-order valence-corrected chi connectivity index (χ1v) is 6.79. The molecule has 0 aromatic heterocycles. The molecule has 0 radical (unpaired) electrons. The van der Waals surface area contributed by atoms with Gasteiger partial charge in [-0.05, 0) is 43.9 Å². The van der Waals surface area contributed by atoms with Crippen LogP contribution in [0.15, 0.2) is 18.2 Å². The number of rotatable bonds is 4. The van der Waals surface area contributed by atoms with Crippen molar-refractivity contribution in [3.63, 3.8) is 0 Å². The Morgan fingerprint density at radius 1 is 1.45 bits per heavy atom. The summed E-state index contributed by atoms with van der Waals surface area (Å²) in [5, 5.41) is 19.9. The van der Waals surface area contributed by atoms with E-state index in [-0.39, 0.29) is 11.3 Å². The summed E-state index contributed by atoms with van der Waals surface area (Å²) in [5.74, 6) is 0.657. The number of nitrogens with two attached hydrogens (primary N) is 1. The molecular weight excluding hydrogens is 256 g/mol. The minimum atomic E-state index is -0.497. The highest BCUT2D eigenvalue weighted by Crippen LogP contribution is 2.29. The fraction of sp³-hybridized carbons (Fsp3) is 0.500. The zero-order valence-electron chi connectivity index (χ0n) is 11.3. The molecule has 1 aromatic rings. The third kappa shape index (κ3) is 3.06. The summed E-state index contributed by atoms with van der Waals surface area (Å²) in [5.41, 5.74) is 6.38. The molecule has 20 heavy (non-hydrogen) atoms. The first kappa shape index (κ1) is 14.3. The maximum atomic E-state index is 11.0. The normalized spacial score (nSPS) is 15.9. The van der Waals surface area contributed by atoms with Crippen LogP contribution in [-0.4, -0.2) is 24.6 Å². The van der Waals surface area contributed by atoms with E-state index in [0.29, 0.717) is 12.5 Å². The number of benzene rings is 1. The van der Waals surface area contributed by atoms with E-state index in [9.17, 15) is 10.1 Å². The Hall–Kier alpha value is -2.13. The molecule has 0 spiro atoms. The van der Waals surface area contributed by atoms with Gasteiger partial charge in [-0.15, -0.1) is 0 Å². The lowest BCUT2D eigenvalue weighted by Gasteiger charge is -2.33. The maximum Gasteiger partial charge on any atom is 0.289 e. The lowest BCUT2D eigenvalue weighted by atomic mass is 9.93. The van der Waals surface area contributed by atoms with E-state index in [1.54, 1.807) is 6.07 Å². The largest absolute Gasteiger partial charge is 0.371 e. The number of nitro groups is 1. The molecule has 106 valence electrons. The number of hydrogen-bond donors (Lipinski definition) is 1. The van der Waals surface area contributed by atoms with Gasteiger partial charge in [0.1, 0.15) is 11.6 Å². The Morgan fingerprint density at radius 2 is 2.15 bits per heavy atom. The summed E-state index contributed by atoms with van der Waals surface area (Å²) in [7, 11) is 0. The van der Waals surface area contributed by atoms with E-state index in [1.165, 1.54) is 12.1 Å². The first-order chi connectivity index (χ1) is 9.65. The first-order valence-electron chi connectivity index (χ1n) is 6.79. The molecule has 1 saturated heterocycles. The van der Waals surface area contributed by atoms with Crippen LogP contribution < -0.4 is 10.6 Å². The van der Waals surface area contributed by atoms with Crippen LogP contribution in [0.2, 0.25) is 0 Å². The molecule has 1 aliphatic heterocycles. The second-order valence-electron chi connectivity index (χ2n) is 5.08. The quantitative estimate of drug-likeness (QED) is 0.669. The predicted molar refractivity (Wildman–Crippen MR) is 76.4 cm³/mol. The minimum absolute atomic E-state index is 0.108. The molecule has 1 fully saturated rings. The summed E-state index contributed by atoms with van der Waals surface area (Å²) < 4.78 is 0. The maximum absolute atomic E-state index is 11.0. The van der Waals surface area contributed by atoms with Gasteiger partial charge < -0.3 is 10.6 Å². The third-order valence-electron chi connectivity index (χ3n) is 3.85. The zero-order valence-corrected chi connectivity index (χ0v) is 11.3. The summed E-state index contributed by atoms with van der Waals surface area (Å²) in [6.07, 6.45) is 3.16. The van der Waals surface area contributed by atoms with Crippen LogP contribution in [0.3, 0.4) is 0 Å². The zero-order chi connectivity index (χ0) is 14.5. The van der Waals surface area contributed by atoms with Gasteiger partial charge in [0.25, 0.3) is 5.69 Å². The molecule has 0 amide bonds. The Labute approximate surface area is 117 Å². The average molecular weight is 274 g/mol. The Kier molecular flexibility index (Phi) is 4.53. The summed E-state index contributed by atoms with van der Waals surface area (Å²) in [4.78, 5) is 12.6. The van der Waals surface area contributed by atoms with E-state index in [1.807, 2.05) is 6.07 Å². The molecule has 0 bridgehead atoms. The molecule has 6 nitrogen and oxygen atoms in total. The molecule has 1 aromatic carbocycles. The van der Waals surface area contributed by atoms with E-state index >= 15 is 0 Å². The van der Waals surface area contributed by atoms with Gasteiger partial charge in [-0.2, -0.15) is 5.26 Å². The van der Waals surface area contributed by atoms with Gasteiger partial charge in [0.15, 0.2) is 0 Å². The molecule has 1 heterocycles. The SMILES string of the molecule is N#Cc1ccc(N2CCC(CCN)CC2)cc1[N+](=O)[O-]. The van der Waals surface area contributed by atoms with E-state index in [4.69, 9.17) is 11.0 Å². The lowest BCUT2D eigenvalue weighted by molar-refractivity contribution is -0.385. The molecule has 6 heteroatoms. The van der Waals surface area contributed by atoms with E-state index < -0.39 is 4.92 Å². The number of nitro benzene ring substituents is 1. The number of nitrogens with zero attached hydrogens (tertiary/aromatic N) is 3. The predicted octanol–water partition coefficient (Wildman–Crippen LogP) is 2.03. The van der Waals surface area contributed by atoms with Crippen LogP contribution in [0.1, 0.15) is 24.8 Å². The van der Waals surface area contributed by atoms with Crippen LogP contribution in [0.4, 0.5) is 11.4 Å². The Morgan fingerprint density at radius 3 is 2.70 bits per heavy atom. The van der Waals surface area contributed by atoms with Gasteiger partial charge in [0.2, 0.25) is 0 Å². The smallest absolute Gasteiger partial charge is 0.289 e. The molecule has 0 aliphatic carbocycles.